The predicted molar refractivity (Wildman–Crippen MR) is 177 cm³/mol. The van der Waals surface area contributed by atoms with Crippen LogP contribution < -0.4 is 19.7 Å². The zero-order chi connectivity index (χ0) is 32.8. The van der Waals surface area contributed by atoms with E-state index in [4.69, 9.17) is 9.47 Å². The molecule has 0 bridgehead atoms. The molecule has 2 fully saturated rings. The predicted octanol–water partition coefficient (Wildman–Crippen LogP) is 5.33. The van der Waals surface area contributed by atoms with Gasteiger partial charge in [-0.15, -0.1) is 0 Å². The molecule has 0 unspecified atom stereocenters. The Labute approximate surface area is 272 Å². The normalized spacial score (nSPS) is 16.7. The summed E-state index contributed by atoms with van der Waals surface area (Å²) in [6, 6.07) is 5.97. The van der Waals surface area contributed by atoms with Crippen molar-refractivity contribution >= 4 is 11.7 Å². The fourth-order valence-electron chi connectivity index (χ4n) is 6.63. The van der Waals surface area contributed by atoms with Crippen molar-refractivity contribution < 1.29 is 18.7 Å². The van der Waals surface area contributed by atoms with E-state index in [0.717, 1.165) is 56.9 Å². The van der Waals surface area contributed by atoms with E-state index < -0.39 is 5.82 Å². The van der Waals surface area contributed by atoms with Gasteiger partial charge in [0.25, 0.3) is 5.91 Å². The Morgan fingerprint density at radius 2 is 1.91 bits per heavy atom. The van der Waals surface area contributed by atoms with Gasteiger partial charge in [-0.3, -0.25) is 9.78 Å². The van der Waals surface area contributed by atoms with E-state index in [2.05, 4.69) is 51.1 Å². The SMILES string of the molecule is CCCN(C)C.CCN(C(=O)c1cc(F)ccc1Oc1cncnc1N1CC2(CC(Oc3ccnc4c3CNCC4)C2)C1)C(C)C. The molecule has 2 aromatic heterocycles. The average Bonchev–Trinajstić information content (AvgIpc) is 2.99. The second-order valence-corrected chi connectivity index (χ2v) is 13.1. The molecular formula is C35H48FN7O3. The minimum absolute atomic E-state index is 0.0301. The molecule has 2 aliphatic heterocycles. The highest BCUT2D eigenvalue weighted by Crippen LogP contribution is 2.52. The maximum Gasteiger partial charge on any atom is 0.257 e. The molecule has 1 saturated carbocycles. The molecular weight excluding hydrogens is 585 g/mol. The topological polar surface area (TPSA) is 96.0 Å². The third-order valence-corrected chi connectivity index (χ3v) is 8.86. The number of ether oxygens (including phenoxy) is 2. The molecule has 1 aliphatic carbocycles. The highest BCUT2D eigenvalue weighted by Gasteiger charge is 2.54. The summed E-state index contributed by atoms with van der Waals surface area (Å²) in [6.07, 6.45) is 9.27. The van der Waals surface area contributed by atoms with Crippen LogP contribution in [0.4, 0.5) is 10.2 Å². The van der Waals surface area contributed by atoms with E-state index >= 15 is 0 Å². The molecule has 11 heteroatoms. The second-order valence-electron chi connectivity index (χ2n) is 13.1. The van der Waals surface area contributed by atoms with Crippen LogP contribution in [0.3, 0.4) is 0 Å². The van der Waals surface area contributed by atoms with Crippen molar-refractivity contribution in [1.82, 2.24) is 30.1 Å². The van der Waals surface area contributed by atoms with Gasteiger partial charge >= 0.3 is 0 Å². The number of nitrogens with zero attached hydrogens (tertiary/aromatic N) is 6. The van der Waals surface area contributed by atoms with Crippen molar-refractivity contribution in [3.8, 4) is 17.2 Å². The fourth-order valence-corrected chi connectivity index (χ4v) is 6.63. The van der Waals surface area contributed by atoms with E-state index in [1.165, 1.54) is 43.1 Å². The smallest absolute Gasteiger partial charge is 0.257 e. The Kier molecular flexibility index (Phi) is 10.7. The number of carbonyl (C=O) groups is 1. The maximum atomic E-state index is 14.2. The Hall–Kier alpha value is -3.83. The Morgan fingerprint density at radius 1 is 1.13 bits per heavy atom. The van der Waals surface area contributed by atoms with Gasteiger partial charge in [0.1, 0.15) is 29.7 Å². The molecule has 0 radical (unpaired) electrons. The number of pyridine rings is 1. The van der Waals surface area contributed by atoms with Gasteiger partial charge in [0, 0.05) is 68.1 Å². The second kappa shape index (κ2) is 14.7. The first-order valence-corrected chi connectivity index (χ1v) is 16.4. The van der Waals surface area contributed by atoms with Gasteiger partial charge < -0.3 is 29.5 Å². The number of nitrogens with one attached hydrogen (secondary N) is 1. The van der Waals surface area contributed by atoms with Crippen LogP contribution in [0.5, 0.6) is 17.2 Å². The highest BCUT2D eigenvalue weighted by molar-refractivity contribution is 5.97. The minimum Gasteiger partial charge on any atom is -0.490 e. The van der Waals surface area contributed by atoms with Crippen LogP contribution in [0.25, 0.3) is 0 Å². The molecule has 1 spiro atoms. The van der Waals surface area contributed by atoms with Crippen LogP contribution >= 0.6 is 0 Å². The van der Waals surface area contributed by atoms with Crippen molar-refractivity contribution in [2.24, 2.45) is 5.41 Å². The minimum atomic E-state index is -0.491. The van der Waals surface area contributed by atoms with Crippen LogP contribution in [-0.2, 0) is 13.0 Å². The van der Waals surface area contributed by atoms with E-state index in [1.54, 1.807) is 11.1 Å². The van der Waals surface area contributed by atoms with Crippen LogP contribution in [0.2, 0.25) is 0 Å². The number of halogens is 1. The quantitative estimate of drug-likeness (QED) is 0.318. The molecule has 1 N–H and O–H groups in total. The summed E-state index contributed by atoms with van der Waals surface area (Å²) in [5, 5.41) is 3.41. The van der Waals surface area contributed by atoms with Crippen LogP contribution in [-0.4, -0.2) is 89.6 Å². The molecule has 248 valence electrons. The average molecular weight is 634 g/mol. The zero-order valence-electron chi connectivity index (χ0n) is 28.1. The molecule has 3 aromatic rings. The van der Waals surface area contributed by atoms with E-state index in [-0.39, 0.29) is 34.8 Å². The Morgan fingerprint density at radius 3 is 2.59 bits per heavy atom. The molecule has 1 amide bonds. The lowest BCUT2D eigenvalue weighted by Crippen LogP contribution is -2.65. The number of hydrogen-bond acceptors (Lipinski definition) is 9. The van der Waals surface area contributed by atoms with Crippen LogP contribution in [0.1, 0.15) is 68.6 Å². The third-order valence-electron chi connectivity index (χ3n) is 8.86. The molecule has 6 rings (SSSR count). The molecule has 3 aliphatic rings. The van der Waals surface area contributed by atoms with Crippen molar-refractivity contribution in [2.45, 2.75) is 72.1 Å². The van der Waals surface area contributed by atoms with Crippen LogP contribution in [0.15, 0.2) is 43.0 Å². The van der Waals surface area contributed by atoms with Crippen molar-refractivity contribution in [3.63, 3.8) is 0 Å². The van der Waals surface area contributed by atoms with Gasteiger partial charge in [0.2, 0.25) is 0 Å². The lowest BCUT2D eigenvalue weighted by atomic mass is 9.61. The lowest BCUT2D eigenvalue weighted by Gasteiger charge is -2.59. The van der Waals surface area contributed by atoms with Crippen molar-refractivity contribution in [1.29, 1.82) is 0 Å². The molecule has 10 nitrogen and oxygen atoms in total. The molecule has 1 saturated heterocycles. The zero-order valence-corrected chi connectivity index (χ0v) is 28.1. The summed E-state index contributed by atoms with van der Waals surface area (Å²) in [5.41, 5.74) is 2.68. The first kappa shape index (κ1) is 33.5. The van der Waals surface area contributed by atoms with Gasteiger partial charge in [0.05, 0.1) is 11.8 Å². The largest absolute Gasteiger partial charge is 0.490 e. The summed E-state index contributed by atoms with van der Waals surface area (Å²) < 4.78 is 26.8. The molecule has 4 heterocycles. The molecule has 46 heavy (non-hydrogen) atoms. The third kappa shape index (κ3) is 7.58. The summed E-state index contributed by atoms with van der Waals surface area (Å²) in [5.74, 6) is 1.56. The standard InChI is InChI=1S/C30H35FN6O3.C5H13N/c1-4-37(19(2)3)29(38)22-11-20(31)5-6-25(22)40-27-15-33-18-35-28(27)36-16-30(17-36)12-21(13-30)39-26-8-10-34-24-7-9-32-14-23(24)26;1-4-5-6(2)3/h5-6,8,10-11,15,18-19,21,32H,4,7,9,12-14,16-17H2,1-3H3;4-5H2,1-3H3. The summed E-state index contributed by atoms with van der Waals surface area (Å²) >= 11 is 0. The number of carbonyl (C=O) groups excluding carboxylic acids is 1. The van der Waals surface area contributed by atoms with E-state index in [1.807, 2.05) is 33.0 Å². The first-order chi connectivity index (χ1) is 22.1. The number of rotatable bonds is 10. The Balaban J connectivity index is 0.000000635. The number of aromatic nitrogens is 3. The van der Waals surface area contributed by atoms with Gasteiger partial charge in [-0.25, -0.2) is 14.4 Å². The molecule has 1 aromatic carbocycles. The van der Waals surface area contributed by atoms with Gasteiger partial charge in [-0.2, -0.15) is 0 Å². The lowest BCUT2D eigenvalue weighted by molar-refractivity contribution is -0.0349. The summed E-state index contributed by atoms with van der Waals surface area (Å²) in [6.45, 7) is 13.1. The monoisotopic (exact) mass is 633 g/mol. The fraction of sp³-hybridized carbons (Fsp3) is 0.543. The van der Waals surface area contributed by atoms with Crippen molar-refractivity contribution in [2.75, 3.05) is 51.7 Å². The van der Waals surface area contributed by atoms with Gasteiger partial charge in [-0.05, 0) is 84.9 Å². The Bertz CT molecular complexity index is 1490. The maximum absolute atomic E-state index is 14.2. The van der Waals surface area contributed by atoms with Gasteiger partial charge in [-0.1, -0.05) is 6.92 Å². The first-order valence-electron chi connectivity index (χ1n) is 16.4. The number of anilines is 1. The van der Waals surface area contributed by atoms with Crippen LogP contribution in [0, 0.1) is 11.2 Å². The summed E-state index contributed by atoms with van der Waals surface area (Å²) in [4.78, 5) is 32.5. The molecule has 0 atom stereocenters. The summed E-state index contributed by atoms with van der Waals surface area (Å²) in [7, 11) is 4.17. The number of hydrogen-bond donors (Lipinski definition) is 1. The highest BCUT2D eigenvalue weighted by atomic mass is 19.1. The number of fused-ring (bicyclic) bond motifs is 1. The van der Waals surface area contributed by atoms with E-state index in [9.17, 15) is 9.18 Å². The van der Waals surface area contributed by atoms with E-state index in [0.29, 0.717) is 18.1 Å². The van der Waals surface area contributed by atoms with Crippen molar-refractivity contribution in [3.05, 3.63) is 65.6 Å². The number of benzene rings is 1. The number of amides is 1. The van der Waals surface area contributed by atoms with Gasteiger partial charge in [0.15, 0.2) is 11.6 Å².